The summed E-state index contributed by atoms with van der Waals surface area (Å²) >= 11 is 13.3. The molecule has 11 heteroatoms. The summed E-state index contributed by atoms with van der Waals surface area (Å²) in [6.07, 6.45) is 12.8. The Bertz CT molecular complexity index is 2180. The van der Waals surface area contributed by atoms with Gasteiger partial charge in [-0.25, -0.2) is 9.37 Å². The van der Waals surface area contributed by atoms with Gasteiger partial charge in [-0.15, -0.1) is 0 Å². The van der Waals surface area contributed by atoms with Crippen LogP contribution in [-0.2, 0) is 16.0 Å². The van der Waals surface area contributed by atoms with Crippen molar-refractivity contribution < 1.29 is 14.0 Å². The molecule has 8 aliphatic rings. The zero-order valence-electron chi connectivity index (χ0n) is 30.1. The van der Waals surface area contributed by atoms with Crippen molar-refractivity contribution in [1.29, 1.82) is 5.26 Å². The summed E-state index contributed by atoms with van der Waals surface area (Å²) in [6.45, 7) is 3.46. The van der Waals surface area contributed by atoms with Crippen LogP contribution in [0.15, 0.2) is 28.3 Å². The molecule has 4 saturated heterocycles. The quantitative estimate of drug-likeness (QED) is 0.262. The van der Waals surface area contributed by atoms with Crippen LogP contribution in [0, 0.1) is 41.8 Å². The first-order chi connectivity index (χ1) is 25.7. The molecule has 2 aromatic heterocycles. The van der Waals surface area contributed by atoms with Gasteiger partial charge in [0, 0.05) is 65.2 Å². The first kappa shape index (κ1) is 34.1. The van der Waals surface area contributed by atoms with E-state index in [4.69, 9.17) is 28.2 Å². The van der Waals surface area contributed by atoms with Gasteiger partial charge >= 0.3 is 0 Å². The fourth-order valence-corrected chi connectivity index (χ4v) is 11.6. The molecule has 0 spiro atoms. The highest BCUT2D eigenvalue weighted by atomic mass is 35.5. The predicted octanol–water partition coefficient (Wildman–Crippen LogP) is 8.34. The van der Waals surface area contributed by atoms with E-state index >= 15 is 4.39 Å². The van der Waals surface area contributed by atoms with E-state index in [9.17, 15) is 14.9 Å². The second kappa shape index (κ2) is 12.8. The number of rotatable bonds is 7. The molecule has 4 bridgehead atoms. The van der Waals surface area contributed by atoms with Gasteiger partial charge in [-0.1, -0.05) is 48.5 Å². The third kappa shape index (κ3) is 5.18. The number of nitriles is 1. The van der Waals surface area contributed by atoms with E-state index in [1.54, 1.807) is 0 Å². The van der Waals surface area contributed by atoms with Crippen LogP contribution in [0.4, 0.5) is 4.39 Å². The Morgan fingerprint density at radius 1 is 1.09 bits per heavy atom. The summed E-state index contributed by atoms with van der Waals surface area (Å²) in [7, 11) is 0. The number of piperidine rings is 1. The summed E-state index contributed by atoms with van der Waals surface area (Å²) in [4.78, 5) is 38.4. The van der Waals surface area contributed by atoms with Crippen LogP contribution in [0.25, 0.3) is 27.4 Å². The number of amides is 2. The SMILES string of the molecule is Cc1nc2c(F)c(C3=C(Cl)C(Cl)=CCC3)c(CCC#N)cc2c2c1cc([C@H]1[C@H]3C[C@H](CN(C4CCCCC4)C3=O)N1C(=O)C1CC1)n2[C@H]1[C@H]2CN[C@@H]1C2. The van der Waals surface area contributed by atoms with Crippen LogP contribution >= 0.6 is 23.2 Å². The Balaban J connectivity index is 1.21. The van der Waals surface area contributed by atoms with E-state index in [-0.39, 0.29) is 59.8 Å². The fourth-order valence-electron chi connectivity index (χ4n) is 11.1. The number of fused-ring (bicyclic) bond motifs is 6. The van der Waals surface area contributed by atoms with Crippen LogP contribution in [0.1, 0.15) is 112 Å². The highest BCUT2D eigenvalue weighted by molar-refractivity contribution is 6.46. The van der Waals surface area contributed by atoms with Crippen molar-refractivity contribution in [3.05, 3.63) is 56.6 Å². The van der Waals surface area contributed by atoms with Crippen LogP contribution in [0.5, 0.6) is 0 Å². The number of nitrogens with zero attached hydrogens (tertiary/aromatic N) is 5. The van der Waals surface area contributed by atoms with Gasteiger partial charge in [0.2, 0.25) is 11.8 Å². The molecule has 53 heavy (non-hydrogen) atoms. The second-order valence-corrected chi connectivity index (χ2v) is 17.6. The van der Waals surface area contributed by atoms with Gasteiger partial charge < -0.3 is 19.7 Å². The third-order valence-electron chi connectivity index (χ3n) is 13.8. The van der Waals surface area contributed by atoms with Gasteiger partial charge in [0.15, 0.2) is 5.82 Å². The Morgan fingerprint density at radius 3 is 2.62 bits per heavy atom. The lowest BCUT2D eigenvalue weighted by molar-refractivity contribution is -0.141. The molecule has 1 aromatic carbocycles. The number of likely N-dealkylation sites (tertiary alicyclic amines) is 2. The summed E-state index contributed by atoms with van der Waals surface area (Å²) < 4.78 is 19.8. The van der Waals surface area contributed by atoms with Crippen molar-refractivity contribution in [2.24, 2.45) is 17.8 Å². The maximum atomic E-state index is 17.3. The Labute approximate surface area is 319 Å². The number of carbonyl (C=O) groups excluding carboxylic acids is 2. The molecule has 0 radical (unpaired) electrons. The highest BCUT2D eigenvalue weighted by Gasteiger charge is 2.58. The zero-order valence-corrected chi connectivity index (χ0v) is 31.7. The lowest BCUT2D eigenvalue weighted by Crippen LogP contribution is -2.51. The molecule has 1 N–H and O–H groups in total. The zero-order chi connectivity index (χ0) is 36.3. The number of pyridine rings is 1. The number of benzene rings is 1. The molecule has 6 heterocycles. The lowest BCUT2D eigenvalue weighted by Gasteiger charge is -2.40. The second-order valence-electron chi connectivity index (χ2n) is 16.8. The van der Waals surface area contributed by atoms with Crippen LogP contribution in [-0.4, -0.2) is 62.4 Å². The van der Waals surface area contributed by atoms with Crippen molar-refractivity contribution in [2.75, 3.05) is 13.1 Å². The third-order valence-corrected chi connectivity index (χ3v) is 14.7. The van der Waals surface area contributed by atoms with Gasteiger partial charge in [0.1, 0.15) is 5.52 Å². The average Bonchev–Trinajstić information content (AvgIpc) is 3.43. The monoisotopic (exact) mass is 754 g/mol. The standard InChI is InChI=1S/C42H45Cl2FN6O2/c1-21-28-18-33(40-30-17-26(50(40)41(52)22-12-13-22)20-49(42(30)53)25-8-3-2-4-9-25)51(38-24-16-32(38)47-19-24)39(28)29-15-23(7-6-14-46)34(36(45)37(29)48-21)27-10-5-11-31(43)35(27)44/h11,15,18,22,24-26,30,32,38,40,47H,2-10,12-13,16-17,19-20H2,1H3/t24-,26-,30-,32-,38+,40-/m1/s1. The lowest BCUT2D eigenvalue weighted by atomic mass is 9.79. The van der Waals surface area contributed by atoms with Crippen LogP contribution in [0.3, 0.4) is 0 Å². The topological polar surface area (TPSA) is 94.3 Å². The molecule has 6 atom stereocenters. The van der Waals surface area contributed by atoms with E-state index in [1.165, 1.54) is 6.42 Å². The molecule has 3 saturated carbocycles. The summed E-state index contributed by atoms with van der Waals surface area (Å²) in [6, 6.07) is 6.69. The number of allylic oxidation sites excluding steroid dienone is 4. The minimum absolute atomic E-state index is 0.0108. The molecule has 2 amide bonds. The van der Waals surface area contributed by atoms with Crippen molar-refractivity contribution in [1.82, 2.24) is 24.7 Å². The maximum Gasteiger partial charge on any atom is 0.228 e. The summed E-state index contributed by atoms with van der Waals surface area (Å²) in [5, 5.41) is 15.8. The molecule has 3 aromatic rings. The predicted molar refractivity (Wildman–Crippen MR) is 204 cm³/mol. The van der Waals surface area contributed by atoms with E-state index in [0.29, 0.717) is 76.0 Å². The summed E-state index contributed by atoms with van der Waals surface area (Å²) in [5.41, 5.74) is 4.64. The van der Waals surface area contributed by atoms with Gasteiger partial charge in [-0.05, 0) is 93.9 Å². The first-order valence-electron chi connectivity index (χ1n) is 19.9. The average molecular weight is 756 g/mol. The molecule has 8 nitrogen and oxygen atoms in total. The van der Waals surface area contributed by atoms with Crippen molar-refractivity contribution in [3.63, 3.8) is 0 Å². The maximum absolute atomic E-state index is 17.3. The normalized spacial score (nSPS) is 30.0. The Kier molecular flexibility index (Phi) is 8.24. The van der Waals surface area contributed by atoms with Crippen molar-refractivity contribution in [2.45, 2.75) is 121 Å². The van der Waals surface area contributed by atoms with Gasteiger partial charge in [0.05, 0.1) is 45.7 Å². The molecule has 4 aliphatic heterocycles. The van der Waals surface area contributed by atoms with Crippen LogP contribution in [0.2, 0.25) is 0 Å². The number of carbonyl (C=O) groups is 2. The van der Waals surface area contributed by atoms with Crippen LogP contribution < -0.4 is 5.32 Å². The molecule has 276 valence electrons. The van der Waals surface area contributed by atoms with E-state index in [2.05, 4.69) is 31.8 Å². The largest absolute Gasteiger partial charge is 0.337 e. The number of hydrogen-bond donors (Lipinski definition) is 1. The highest BCUT2D eigenvalue weighted by Crippen LogP contribution is 2.54. The number of hydrogen-bond acceptors (Lipinski definition) is 5. The number of halogens is 3. The molecule has 4 aliphatic carbocycles. The van der Waals surface area contributed by atoms with E-state index in [1.807, 2.05) is 19.1 Å². The molecular weight excluding hydrogens is 710 g/mol. The van der Waals surface area contributed by atoms with Gasteiger partial charge in [0.25, 0.3) is 0 Å². The molecular formula is C42H45Cl2FN6O2. The van der Waals surface area contributed by atoms with Crippen molar-refractivity contribution >= 4 is 62.4 Å². The van der Waals surface area contributed by atoms with E-state index in [0.717, 1.165) is 68.1 Å². The fraction of sp³-hybridized carbons (Fsp3) is 0.571. The van der Waals surface area contributed by atoms with Gasteiger partial charge in [-0.3, -0.25) is 9.59 Å². The minimum Gasteiger partial charge on any atom is -0.337 e. The Morgan fingerprint density at radius 2 is 1.91 bits per heavy atom. The number of nitrogens with one attached hydrogen (secondary N) is 1. The van der Waals surface area contributed by atoms with E-state index < -0.39 is 11.9 Å². The minimum atomic E-state index is -0.440. The molecule has 0 unspecified atom stereocenters. The van der Waals surface area contributed by atoms with Gasteiger partial charge in [-0.2, -0.15) is 5.26 Å². The summed E-state index contributed by atoms with van der Waals surface area (Å²) in [5.74, 6) is 0.0344. The van der Waals surface area contributed by atoms with Crippen molar-refractivity contribution in [3.8, 4) is 6.07 Å². The molecule has 7 fully saturated rings. The first-order valence-corrected chi connectivity index (χ1v) is 20.6. The molecule has 11 rings (SSSR count). The number of aromatic nitrogens is 2. The number of aryl methyl sites for hydroxylation is 2. The smallest absolute Gasteiger partial charge is 0.228 e. The Hall–Kier alpha value is -3.45.